The molecule has 0 aliphatic carbocycles. The highest BCUT2D eigenvalue weighted by Gasteiger charge is 2.09. The lowest BCUT2D eigenvalue weighted by Crippen LogP contribution is -2.29. The largest absolute Gasteiger partial charge is 0.355 e. The summed E-state index contributed by atoms with van der Waals surface area (Å²) >= 11 is 0. The van der Waals surface area contributed by atoms with E-state index in [2.05, 4.69) is 20.8 Å². The van der Waals surface area contributed by atoms with Gasteiger partial charge in [-0.1, -0.05) is 19.0 Å². The van der Waals surface area contributed by atoms with Crippen molar-refractivity contribution in [3.8, 4) is 0 Å². The van der Waals surface area contributed by atoms with Crippen LogP contribution in [0.15, 0.2) is 4.52 Å². The molecule has 84 valence electrons. The van der Waals surface area contributed by atoms with Gasteiger partial charge in [-0.3, -0.25) is 4.79 Å². The zero-order valence-electron chi connectivity index (χ0n) is 9.20. The Morgan fingerprint density at radius 1 is 1.53 bits per heavy atom. The number of anilines is 1. The average Bonchev–Trinajstić information content (AvgIpc) is 2.63. The smallest absolute Gasteiger partial charge is 0.321 e. The van der Waals surface area contributed by atoms with Gasteiger partial charge < -0.3 is 15.2 Å². The van der Waals surface area contributed by atoms with Gasteiger partial charge in [-0.25, -0.2) is 0 Å². The number of carbonyl (C=O) groups is 1. The number of hydrogen-bond donors (Lipinski definition) is 2. The van der Waals surface area contributed by atoms with E-state index in [-0.39, 0.29) is 24.4 Å². The lowest BCUT2D eigenvalue weighted by Gasteiger charge is -2.00. The fourth-order valence-corrected chi connectivity index (χ4v) is 0.957. The molecule has 1 rings (SSSR count). The quantitative estimate of drug-likeness (QED) is 0.752. The van der Waals surface area contributed by atoms with Crippen molar-refractivity contribution in [3.63, 3.8) is 0 Å². The van der Waals surface area contributed by atoms with E-state index >= 15 is 0 Å². The van der Waals surface area contributed by atoms with Gasteiger partial charge in [0.05, 0.1) is 6.54 Å². The molecule has 0 radical (unpaired) electrons. The first-order valence-electron chi connectivity index (χ1n) is 4.97. The van der Waals surface area contributed by atoms with Gasteiger partial charge in [0.15, 0.2) is 5.82 Å². The van der Waals surface area contributed by atoms with E-state index in [0.717, 1.165) is 0 Å². The first-order chi connectivity index (χ1) is 7.13. The SMILES string of the molecule is CCNC(=O)CNc1nc(C(C)C)no1. The molecule has 0 atom stereocenters. The second-order valence-electron chi connectivity index (χ2n) is 3.42. The van der Waals surface area contributed by atoms with E-state index in [9.17, 15) is 4.79 Å². The van der Waals surface area contributed by atoms with E-state index in [1.54, 1.807) is 0 Å². The predicted octanol–water partition coefficient (Wildman–Crippen LogP) is 0.741. The molecule has 0 saturated heterocycles. The number of carbonyl (C=O) groups excluding carboxylic acids is 1. The van der Waals surface area contributed by atoms with Crippen molar-refractivity contribution < 1.29 is 9.32 Å². The Hall–Kier alpha value is -1.59. The van der Waals surface area contributed by atoms with E-state index in [1.165, 1.54) is 0 Å². The Balaban J connectivity index is 2.41. The van der Waals surface area contributed by atoms with Crippen LogP contribution in [0.3, 0.4) is 0 Å². The van der Waals surface area contributed by atoms with Crippen molar-refractivity contribution in [2.45, 2.75) is 26.7 Å². The molecule has 0 spiro atoms. The molecule has 6 nitrogen and oxygen atoms in total. The van der Waals surface area contributed by atoms with Crippen LogP contribution in [0.25, 0.3) is 0 Å². The number of likely N-dealkylation sites (N-methyl/N-ethyl adjacent to an activating group) is 1. The monoisotopic (exact) mass is 212 g/mol. The third-order valence-corrected chi connectivity index (χ3v) is 1.73. The van der Waals surface area contributed by atoms with Crippen molar-refractivity contribution in [1.29, 1.82) is 0 Å². The van der Waals surface area contributed by atoms with Crippen molar-refractivity contribution >= 4 is 11.9 Å². The van der Waals surface area contributed by atoms with Crippen molar-refractivity contribution in [1.82, 2.24) is 15.5 Å². The standard InChI is InChI=1S/C9H16N4O2/c1-4-10-7(14)5-11-9-12-8(6(2)3)13-15-9/h6H,4-5H2,1-3H3,(H,10,14)(H,11,12,13). The Labute approximate surface area is 88.4 Å². The minimum absolute atomic E-state index is 0.0956. The van der Waals surface area contributed by atoms with E-state index in [4.69, 9.17) is 4.52 Å². The highest BCUT2D eigenvalue weighted by Crippen LogP contribution is 2.11. The first kappa shape index (κ1) is 11.5. The molecular formula is C9H16N4O2. The van der Waals surface area contributed by atoms with Crippen molar-refractivity contribution in [2.24, 2.45) is 0 Å². The predicted molar refractivity (Wildman–Crippen MR) is 55.6 cm³/mol. The number of amides is 1. The van der Waals surface area contributed by atoms with E-state index in [0.29, 0.717) is 12.4 Å². The topological polar surface area (TPSA) is 80.0 Å². The second kappa shape index (κ2) is 5.33. The Kier molecular flexibility index (Phi) is 4.08. The lowest BCUT2D eigenvalue weighted by atomic mass is 10.2. The summed E-state index contributed by atoms with van der Waals surface area (Å²) in [4.78, 5) is 15.2. The molecule has 0 fully saturated rings. The third-order valence-electron chi connectivity index (χ3n) is 1.73. The van der Waals surface area contributed by atoms with E-state index in [1.807, 2.05) is 20.8 Å². The average molecular weight is 212 g/mol. The van der Waals surface area contributed by atoms with Crippen LogP contribution in [-0.2, 0) is 4.79 Å². The molecule has 15 heavy (non-hydrogen) atoms. The van der Waals surface area contributed by atoms with E-state index < -0.39 is 0 Å². The molecule has 0 aliphatic rings. The number of hydrogen-bond acceptors (Lipinski definition) is 5. The highest BCUT2D eigenvalue weighted by atomic mass is 16.5. The third kappa shape index (κ3) is 3.57. The maximum atomic E-state index is 11.1. The van der Waals surface area contributed by atoms with Gasteiger partial charge in [-0.05, 0) is 6.92 Å². The zero-order valence-corrected chi connectivity index (χ0v) is 9.20. The first-order valence-corrected chi connectivity index (χ1v) is 4.97. The molecule has 0 saturated carbocycles. The fourth-order valence-electron chi connectivity index (χ4n) is 0.957. The van der Waals surface area contributed by atoms with Crippen molar-refractivity contribution in [3.05, 3.63) is 5.82 Å². The summed E-state index contributed by atoms with van der Waals surface area (Å²) in [6.45, 7) is 6.56. The normalized spacial score (nSPS) is 10.4. The summed E-state index contributed by atoms with van der Waals surface area (Å²) in [6, 6.07) is 0.282. The van der Waals surface area contributed by atoms with Crippen LogP contribution in [0.2, 0.25) is 0 Å². The number of nitrogens with one attached hydrogen (secondary N) is 2. The van der Waals surface area contributed by atoms with Gasteiger partial charge in [-0.2, -0.15) is 4.98 Å². The van der Waals surface area contributed by atoms with Gasteiger partial charge in [-0.15, -0.1) is 0 Å². The summed E-state index contributed by atoms with van der Waals surface area (Å²) in [7, 11) is 0. The molecule has 0 aromatic carbocycles. The molecule has 0 aliphatic heterocycles. The van der Waals surface area contributed by atoms with Crippen LogP contribution < -0.4 is 10.6 Å². The summed E-state index contributed by atoms with van der Waals surface area (Å²) in [5.41, 5.74) is 0. The Morgan fingerprint density at radius 2 is 2.27 bits per heavy atom. The van der Waals surface area contributed by atoms with Crippen LogP contribution in [0.5, 0.6) is 0 Å². The zero-order chi connectivity index (χ0) is 11.3. The summed E-state index contributed by atoms with van der Waals surface area (Å²) < 4.78 is 4.90. The van der Waals surface area contributed by atoms with Gasteiger partial charge in [0.25, 0.3) is 0 Å². The minimum atomic E-state index is -0.0956. The van der Waals surface area contributed by atoms with Crippen LogP contribution in [0.1, 0.15) is 32.5 Å². The van der Waals surface area contributed by atoms with Gasteiger partial charge in [0.1, 0.15) is 0 Å². The molecule has 6 heteroatoms. The Morgan fingerprint density at radius 3 is 2.80 bits per heavy atom. The van der Waals surface area contributed by atoms with Crippen LogP contribution in [0.4, 0.5) is 6.01 Å². The van der Waals surface area contributed by atoms with Crippen LogP contribution in [0, 0.1) is 0 Å². The molecule has 1 aromatic heterocycles. The number of aromatic nitrogens is 2. The maximum absolute atomic E-state index is 11.1. The molecular weight excluding hydrogens is 196 g/mol. The van der Waals surface area contributed by atoms with Crippen molar-refractivity contribution in [2.75, 3.05) is 18.4 Å². The maximum Gasteiger partial charge on any atom is 0.321 e. The molecule has 1 amide bonds. The molecule has 2 N–H and O–H groups in total. The second-order valence-corrected chi connectivity index (χ2v) is 3.42. The molecule has 0 bridgehead atoms. The Bertz CT molecular complexity index is 322. The summed E-state index contributed by atoms with van der Waals surface area (Å²) in [5, 5.41) is 9.17. The van der Waals surface area contributed by atoms with Crippen LogP contribution in [-0.4, -0.2) is 29.1 Å². The number of rotatable bonds is 5. The number of nitrogens with zero attached hydrogens (tertiary/aromatic N) is 2. The highest BCUT2D eigenvalue weighted by molar-refractivity contribution is 5.79. The summed E-state index contributed by atoms with van der Waals surface area (Å²) in [5.74, 6) is 0.754. The molecule has 1 heterocycles. The molecule has 0 unspecified atom stereocenters. The minimum Gasteiger partial charge on any atom is -0.355 e. The molecule has 1 aromatic rings. The van der Waals surface area contributed by atoms with Gasteiger partial charge in [0, 0.05) is 12.5 Å². The summed E-state index contributed by atoms with van der Waals surface area (Å²) in [6.07, 6.45) is 0. The van der Waals surface area contributed by atoms with Crippen LogP contribution >= 0.6 is 0 Å². The van der Waals surface area contributed by atoms with Gasteiger partial charge >= 0.3 is 6.01 Å². The lowest BCUT2D eigenvalue weighted by molar-refractivity contribution is -0.119. The fraction of sp³-hybridized carbons (Fsp3) is 0.667. The van der Waals surface area contributed by atoms with Gasteiger partial charge in [0.2, 0.25) is 5.91 Å².